The number of hydrogen-bond donors (Lipinski definition) is 3. The molecule has 0 saturated heterocycles. The first-order valence-electron chi connectivity index (χ1n) is 3.47. The van der Waals surface area contributed by atoms with Gasteiger partial charge in [-0.15, -0.1) is 0 Å². The van der Waals surface area contributed by atoms with Crippen LogP contribution in [0.5, 0.6) is 0 Å². The summed E-state index contributed by atoms with van der Waals surface area (Å²) in [6, 6.07) is 0.177. The van der Waals surface area contributed by atoms with Crippen LogP contribution in [0.3, 0.4) is 0 Å². The highest BCUT2D eigenvalue weighted by atomic mass is 14.7. The van der Waals surface area contributed by atoms with Crippen molar-refractivity contribution in [3.63, 3.8) is 0 Å². The standard InChI is InChI=1S/C6H17N3/c7-4-2-1-3-6(9)5-8/h6H,1-5,7-9H2/t6-/m0/s1. The number of rotatable bonds is 5. The summed E-state index contributed by atoms with van der Waals surface area (Å²) in [6.07, 6.45) is 3.18. The second kappa shape index (κ2) is 6.01. The maximum atomic E-state index is 5.55. The van der Waals surface area contributed by atoms with Gasteiger partial charge in [0.1, 0.15) is 0 Å². The van der Waals surface area contributed by atoms with Crippen LogP contribution < -0.4 is 17.2 Å². The van der Waals surface area contributed by atoms with Gasteiger partial charge in [-0.3, -0.25) is 0 Å². The normalized spacial score (nSPS) is 13.7. The maximum Gasteiger partial charge on any atom is 0.0163 e. The largest absolute Gasteiger partial charge is 0.330 e. The predicted octanol–water partition coefficient (Wildman–Crippen LogP) is -0.599. The Bertz CT molecular complexity index is 56.3. The summed E-state index contributed by atoms with van der Waals surface area (Å²) in [5.41, 5.74) is 16.1. The molecule has 0 aliphatic carbocycles. The van der Waals surface area contributed by atoms with E-state index in [4.69, 9.17) is 17.2 Å². The summed E-state index contributed by atoms with van der Waals surface area (Å²) in [6.45, 7) is 1.35. The Labute approximate surface area is 56.6 Å². The van der Waals surface area contributed by atoms with E-state index >= 15 is 0 Å². The van der Waals surface area contributed by atoms with E-state index in [1.165, 1.54) is 0 Å². The van der Waals surface area contributed by atoms with Crippen molar-refractivity contribution in [3.8, 4) is 0 Å². The van der Waals surface area contributed by atoms with Crippen LogP contribution >= 0.6 is 0 Å². The lowest BCUT2D eigenvalue weighted by molar-refractivity contribution is 0.574. The Hall–Kier alpha value is -0.120. The van der Waals surface area contributed by atoms with Crippen LogP contribution in [0.25, 0.3) is 0 Å². The lowest BCUT2D eigenvalue weighted by atomic mass is 10.1. The smallest absolute Gasteiger partial charge is 0.0163 e. The van der Waals surface area contributed by atoms with Crippen LogP contribution in [-0.4, -0.2) is 19.1 Å². The molecule has 0 fully saturated rings. The monoisotopic (exact) mass is 131 g/mol. The third-order valence-electron chi connectivity index (χ3n) is 1.33. The molecule has 0 unspecified atom stereocenters. The van der Waals surface area contributed by atoms with Gasteiger partial charge in [0, 0.05) is 12.6 Å². The lowest BCUT2D eigenvalue weighted by Crippen LogP contribution is -2.29. The van der Waals surface area contributed by atoms with E-state index in [9.17, 15) is 0 Å². The van der Waals surface area contributed by atoms with Crippen molar-refractivity contribution in [2.75, 3.05) is 13.1 Å². The lowest BCUT2D eigenvalue weighted by Gasteiger charge is -2.05. The van der Waals surface area contributed by atoms with Gasteiger partial charge >= 0.3 is 0 Å². The maximum absolute atomic E-state index is 5.55. The van der Waals surface area contributed by atoms with E-state index in [1.54, 1.807) is 0 Å². The van der Waals surface area contributed by atoms with Crippen molar-refractivity contribution in [3.05, 3.63) is 0 Å². The van der Waals surface area contributed by atoms with Gasteiger partial charge in [0.2, 0.25) is 0 Å². The first-order chi connectivity index (χ1) is 4.31. The highest BCUT2D eigenvalue weighted by Gasteiger charge is 1.96. The molecule has 0 aromatic carbocycles. The van der Waals surface area contributed by atoms with Gasteiger partial charge in [0.05, 0.1) is 0 Å². The molecule has 0 aliphatic rings. The molecular formula is C6H17N3. The Kier molecular flexibility index (Phi) is 5.93. The Morgan fingerprint density at radius 1 is 1.11 bits per heavy atom. The van der Waals surface area contributed by atoms with Gasteiger partial charge in [-0.05, 0) is 19.4 Å². The second-order valence-electron chi connectivity index (χ2n) is 2.28. The van der Waals surface area contributed by atoms with Gasteiger partial charge < -0.3 is 17.2 Å². The average molecular weight is 131 g/mol. The molecule has 6 N–H and O–H groups in total. The molecule has 1 atom stereocenters. The highest BCUT2D eigenvalue weighted by Crippen LogP contribution is 1.95. The van der Waals surface area contributed by atoms with Crippen molar-refractivity contribution >= 4 is 0 Å². The number of nitrogens with two attached hydrogens (primary N) is 3. The van der Waals surface area contributed by atoms with E-state index < -0.39 is 0 Å². The zero-order chi connectivity index (χ0) is 7.11. The minimum atomic E-state index is 0.177. The topological polar surface area (TPSA) is 78.1 Å². The molecule has 0 aliphatic heterocycles. The zero-order valence-corrected chi connectivity index (χ0v) is 5.84. The van der Waals surface area contributed by atoms with Crippen molar-refractivity contribution in [1.82, 2.24) is 0 Å². The van der Waals surface area contributed by atoms with E-state index in [0.717, 1.165) is 25.8 Å². The molecule has 0 radical (unpaired) electrons. The van der Waals surface area contributed by atoms with E-state index in [2.05, 4.69) is 0 Å². The van der Waals surface area contributed by atoms with Crippen LogP contribution in [-0.2, 0) is 0 Å². The minimum Gasteiger partial charge on any atom is -0.330 e. The molecule has 0 heterocycles. The van der Waals surface area contributed by atoms with Crippen molar-refractivity contribution in [2.45, 2.75) is 25.3 Å². The summed E-state index contributed by atoms with van der Waals surface area (Å²) >= 11 is 0. The van der Waals surface area contributed by atoms with E-state index in [1.807, 2.05) is 0 Å². The molecule has 3 nitrogen and oxygen atoms in total. The average Bonchev–Trinajstić information content (AvgIpc) is 1.89. The summed E-state index contributed by atoms with van der Waals surface area (Å²) in [7, 11) is 0. The molecule has 9 heavy (non-hydrogen) atoms. The van der Waals surface area contributed by atoms with Crippen LogP contribution in [0.15, 0.2) is 0 Å². The summed E-state index contributed by atoms with van der Waals surface area (Å²) in [5, 5.41) is 0. The van der Waals surface area contributed by atoms with Gasteiger partial charge in [-0.1, -0.05) is 6.42 Å². The number of hydrogen-bond acceptors (Lipinski definition) is 3. The molecule has 0 spiro atoms. The Balaban J connectivity index is 2.88. The molecule has 0 rings (SSSR count). The van der Waals surface area contributed by atoms with Crippen LogP contribution in [0.1, 0.15) is 19.3 Å². The first kappa shape index (κ1) is 8.88. The molecule has 0 aromatic rings. The molecule has 56 valence electrons. The Morgan fingerprint density at radius 3 is 2.22 bits per heavy atom. The SMILES string of the molecule is NCCCC[C@H](N)CN. The quantitative estimate of drug-likeness (QED) is 0.436. The second-order valence-corrected chi connectivity index (χ2v) is 2.28. The summed E-state index contributed by atoms with van der Waals surface area (Å²) < 4.78 is 0. The predicted molar refractivity (Wildman–Crippen MR) is 39.9 cm³/mol. The summed E-state index contributed by atoms with van der Waals surface area (Å²) in [4.78, 5) is 0. The van der Waals surface area contributed by atoms with Crippen molar-refractivity contribution in [1.29, 1.82) is 0 Å². The Morgan fingerprint density at radius 2 is 1.78 bits per heavy atom. The fourth-order valence-corrected chi connectivity index (χ4v) is 0.669. The van der Waals surface area contributed by atoms with Crippen LogP contribution in [0.2, 0.25) is 0 Å². The third kappa shape index (κ3) is 5.76. The molecular weight excluding hydrogens is 114 g/mol. The molecule has 3 heteroatoms. The minimum absolute atomic E-state index is 0.177. The van der Waals surface area contributed by atoms with Gasteiger partial charge in [-0.25, -0.2) is 0 Å². The molecule has 0 saturated carbocycles. The van der Waals surface area contributed by atoms with Gasteiger partial charge in [0.25, 0.3) is 0 Å². The van der Waals surface area contributed by atoms with Gasteiger partial charge in [-0.2, -0.15) is 0 Å². The fourth-order valence-electron chi connectivity index (χ4n) is 0.669. The third-order valence-corrected chi connectivity index (χ3v) is 1.33. The van der Waals surface area contributed by atoms with Crippen molar-refractivity contribution < 1.29 is 0 Å². The molecule has 0 bridgehead atoms. The van der Waals surface area contributed by atoms with Gasteiger partial charge in [0.15, 0.2) is 0 Å². The van der Waals surface area contributed by atoms with Crippen LogP contribution in [0.4, 0.5) is 0 Å². The first-order valence-corrected chi connectivity index (χ1v) is 3.47. The zero-order valence-electron chi connectivity index (χ0n) is 5.84. The van der Waals surface area contributed by atoms with Crippen molar-refractivity contribution in [2.24, 2.45) is 17.2 Å². The van der Waals surface area contributed by atoms with Crippen LogP contribution in [0, 0.1) is 0 Å². The van der Waals surface area contributed by atoms with E-state index in [-0.39, 0.29) is 6.04 Å². The summed E-state index contributed by atoms with van der Waals surface area (Å²) in [5.74, 6) is 0. The number of unbranched alkanes of at least 4 members (excludes halogenated alkanes) is 1. The van der Waals surface area contributed by atoms with E-state index in [0.29, 0.717) is 6.54 Å². The fraction of sp³-hybridized carbons (Fsp3) is 1.00. The molecule has 0 aromatic heterocycles. The highest BCUT2D eigenvalue weighted by molar-refractivity contribution is 4.60. The molecule has 0 amide bonds.